The van der Waals surface area contributed by atoms with Gasteiger partial charge in [0.2, 0.25) is 0 Å². The molecule has 0 spiro atoms. The van der Waals surface area contributed by atoms with Gasteiger partial charge in [0, 0.05) is 24.0 Å². The van der Waals surface area contributed by atoms with Gasteiger partial charge in [-0.25, -0.2) is 4.39 Å². The summed E-state index contributed by atoms with van der Waals surface area (Å²) in [6.07, 6.45) is -8.10. The highest BCUT2D eigenvalue weighted by molar-refractivity contribution is 7.64. The van der Waals surface area contributed by atoms with E-state index in [-0.39, 0.29) is 36.8 Å². The molecule has 3 atom stereocenters. The van der Waals surface area contributed by atoms with Crippen molar-refractivity contribution in [3.8, 4) is 17.6 Å². The number of aliphatic hydroxyl groups is 1. The third-order valence-corrected chi connectivity index (χ3v) is 9.17. The van der Waals surface area contributed by atoms with Crippen LogP contribution in [0, 0.1) is 11.8 Å². The average molecular weight is 582 g/mol. The summed E-state index contributed by atoms with van der Waals surface area (Å²) < 4.78 is 61.7. The van der Waals surface area contributed by atoms with Gasteiger partial charge in [-0.3, -0.25) is 0 Å². The highest BCUT2D eigenvalue weighted by atomic mass is 32.1. The van der Waals surface area contributed by atoms with Crippen molar-refractivity contribution in [2.75, 3.05) is 57.8 Å². The third-order valence-electron chi connectivity index (χ3n) is 6.69. The fourth-order valence-electron chi connectivity index (χ4n) is 4.57. The number of ether oxygens (including phenoxy) is 1. The number of hydrogen-bond acceptors (Lipinski definition) is 6. The van der Waals surface area contributed by atoms with Crippen molar-refractivity contribution in [2.45, 2.75) is 30.9 Å². The molecule has 4 rings (SSSR count). The number of anilines is 2. The molecule has 0 aliphatic carbocycles. The first-order valence-electron chi connectivity index (χ1n) is 12.5. The maximum absolute atomic E-state index is 14.7. The van der Waals surface area contributed by atoms with Crippen LogP contribution < -0.4 is 20.7 Å². The molecule has 210 valence electrons. The molecule has 3 N–H and O–H groups in total. The summed E-state index contributed by atoms with van der Waals surface area (Å²) in [5.74, 6) is 6.39. The standard InChI is InChI=1S/C28H32F4N3O2PS/c1-35-14-12-20(19(29)16-35)34-22-8-5-7-18-25(27(36)28(30,31)32)24(39-26(18)22)9-6-13-33-21-11-10-17(38(3)4)15-23(21)37-2/h5,7-8,10-11,15,19-20,27,33-34,36H,12-14,16H2,1-4H3. The van der Waals surface area contributed by atoms with E-state index in [1.165, 1.54) is 11.4 Å². The molecule has 11 heteroatoms. The van der Waals surface area contributed by atoms with Gasteiger partial charge in [-0.1, -0.05) is 38.0 Å². The van der Waals surface area contributed by atoms with Crippen molar-refractivity contribution in [3.63, 3.8) is 0 Å². The highest BCUT2D eigenvalue weighted by Crippen LogP contribution is 2.44. The van der Waals surface area contributed by atoms with E-state index < -0.39 is 24.5 Å². The van der Waals surface area contributed by atoms with Gasteiger partial charge < -0.3 is 25.4 Å². The first-order valence-corrected chi connectivity index (χ1v) is 15.5. The molecule has 1 fully saturated rings. The molecule has 1 saturated heterocycles. The van der Waals surface area contributed by atoms with Crippen LogP contribution in [0.25, 0.3) is 10.1 Å². The molecule has 5 nitrogen and oxygen atoms in total. The Balaban J connectivity index is 1.64. The number of piperidine rings is 1. The molecule has 1 aromatic heterocycles. The van der Waals surface area contributed by atoms with Crippen LogP contribution in [0.15, 0.2) is 36.4 Å². The van der Waals surface area contributed by atoms with E-state index in [9.17, 15) is 22.7 Å². The van der Waals surface area contributed by atoms with Crippen molar-refractivity contribution in [1.29, 1.82) is 0 Å². The summed E-state index contributed by atoms with van der Waals surface area (Å²) in [4.78, 5) is 2.03. The fraction of sp³-hybridized carbons (Fsp3) is 0.429. The quantitative estimate of drug-likeness (QED) is 0.187. The Labute approximate surface area is 231 Å². The maximum atomic E-state index is 14.7. The van der Waals surface area contributed by atoms with Crippen molar-refractivity contribution < 1.29 is 27.4 Å². The zero-order valence-electron chi connectivity index (χ0n) is 22.2. The number of methoxy groups -OCH3 is 1. The van der Waals surface area contributed by atoms with E-state index in [0.29, 0.717) is 29.1 Å². The lowest BCUT2D eigenvalue weighted by Gasteiger charge is -2.33. The van der Waals surface area contributed by atoms with Crippen LogP contribution in [0.4, 0.5) is 28.9 Å². The predicted molar refractivity (Wildman–Crippen MR) is 154 cm³/mol. The normalized spacial score (nSPS) is 19.0. The summed E-state index contributed by atoms with van der Waals surface area (Å²) in [5, 5.41) is 18.1. The molecule has 2 heterocycles. The molecule has 0 radical (unpaired) electrons. The zero-order valence-corrected chi connectivity index (χ0v) is 23.9. The molecular formula is C28H32F4N3O2PS. The average Bonchev–Trinajstić information content (AvgIpc) is 3.26. The first-order chi connectivity index (χ1) is 18.5. The summed E-state index contributed by atoms with van der Waals surface area (Å²) >= 11 is 1.07. The van der Waals surface area contributed by atoms with Crippen LogP contribution >= 0.6 is 19.3 Å². The molecule has 0 bridgehead atoms. The number of rotatable bonds is 7. The Morgan fingerprint density at radius 3 is 2.67 bits per heavy atom. The molecule has 2 aromatic carbocycles. The predicted octanol–water partition coefficient (Wildman–Crippen LogP) is 5.79. The zero-order chi connectivity index (χ0) is 28.3. The van der Waals surface area contributed by atoms with Gasteiger partial charge in [0.05, 0.1) is 40.6 Å². The van der Waals surface area contributed by atoms with Gasteiger partial charge in [-0.2, -0.15) is 13.2 Å². The molecule has 0 saturated carbocycles. The first kappa shape index (κ1) is 29.4. The second kappa shape index (κ2) is 12.3. The lowest BCUT2D eigenvalue weighted by Crippen LogP contribution is -2.46. The van der Waals surface area contributed by atoms with Crippen LogP contribution in [0.5, 0.6) is 5.75 Å². The largest absolute Gasteiger partial charge is 0.495 e. The third kappa shape index (κ3) is 6.78. The number of hydrogen-bond donors (Lipinski definition) is 3. The van der Waals surface area contributed by atoms with E-state index in [2.05, 4.69) is 35.8 Å². The Bertz CT molecular complexity index is 1370. The Morgan fingerprint density at radius 1 is 1.23 bits per heavy atom. The van der Waals surface area contributed by atoms with Crippen LogP contribution in [-0.2, 0) is 0 Å². The molecule has 3 aromatic rings. The number of nitrogens with zero attached hydrogens (tertiary/aromatic N) is 1. The van der Waals surface area contributed by atoms with Crippen molar-refractivity contribution in [3.05, 3.63) is 46.8 Å². The summed E-state index contributed by atoms with van der Waals surface area (Å²) in [6.45, 7) is 5.44. The number of aliphatic hydroxyl groups excluding tert-OH is 1. The summed E-state index contributed by atoms with van der Waals surface area (Å²) in [5.41, 5.74) is 0.984. The SMILES string of the molecule is COc1cc(P(C)C)ccc1NCC#Cc1sc2c(NC3CCN(C)CC3F)cccc2c1C(O)C(F)(F)F. The number of benzene rings is 2. The van der Waals surface area contributed by atoms with Crippen molar-refractivity contribution >= 4 is 46.0 Å². The second-order valence-electron chi connectivity index (χ2n) is 9.72. The van der Waals surface area contributed by atoms with E-state index in [4.69, 9.17) is 4.74 Å². The lowest BCUT2D eigenvalue weighted by molar-refractivity contribution is -0.206. The van der Waals surface area contributed by atoms with Gasteiger partial charge in [0.1, 0.15) is 11.9 Å². The Morgan fingerprint density at radius 2 is 2.00 bits per heavy atom. The minimum Gasteiger partial charge on any atom is -0.495 e. The van der Waals surface area contributed by atoms with Crippen LogP contribution in [0.2, 0.25) is 0 Å². The molecule has 0 amide bonds. The molecule has 39 heavy (non-hydrogen) atoms. The van der Waals surface area contributed by atoms with E-state index in [1.54, 1.807) is 19.2 Å². The van der Waals surface area contributed by atoms with Gasteiger partial charge in [-0.15, -0.1) is 11.3 Å². The van der Waals surface area contributed by atoms with Crippen molar-refractivity contribution in [1.82, 2.24) is 4.90 Å². The van der Waals surface area contributed by atoms with Gasteiger partial charge in [-0.05, 0) is 50.3 Å². The number of halogens is 4. The van der Waals surface area contributed by atoms with Gasteiger partial charge in [0.25, 0.3) is 0 Å². The number of likely N-dealkylation sites (tertiary alicyclic amines) is 1. The van der Waals surface area contributed by atoms with Crippen LogP contribution in [0.1, 0.15) is 23.0 Å². The van der Waals surface area contributed by atoms with E-state index in [0.717, 1.165) is 17.0 Å². The minimum absolute atomic E-state index is 0.121. The molecule has 1 aliphatic heterocycles. The smallest absolute Gasteiger partial charge is 0.418 e. The number of thiophene rings is 1. The second-order valence-corrected chi connectivity index (χ2v) is 13.0. The summed E-state index contributed by atoms with van der Waals surface area (Å²) in [7, 11) is 3.13. The minimum atomic E-state index is -4.86. The molecule has 3 unspecified atom stereocenters. The lowest BCUT2D eigenvalue weighted by atomic mass is 10.0. The molecular weight excluding hydrogens is 549 g/mol. The molecule has 1 aliphatic rings. The Hall–Kier alpha value is -2.57. The van der Waals surface area contributed by atoms with Crippen LogP contribution in [0.3, 0.4) is 0 Å². The topological polar surface area (TPSA) is 56.8 Å². The van der Waals surface area contributed by atoms with E-state index in [1.807, 2.05) is 30.1 Å². The van der Waals surface area contributed by atoms with Gasteiger partial charge in [0.15, 0.2) is 6.10 Å². The van der Waals surface area contributed by atoms with E-state index >= 15 is 0 Å². The fourth-order valence-corrected chi connectivity index (χ4v) is 6.50. The highest BCUT2D eigenvalue weighted by Gasteiger charge is 2.42. The monoisotopic (exact) mass is 581 g/mol. The summed E-state index contributed by atoms with van der Waals surface area (Å²) in [6, 6.07) is 10.3. The number of alkyl halides is 4. The number of fused-ring (bicyclic) bond motifs is 1. The Kier molecular flexibility index (Phi) is 9.28. The van der Waals surface area contributed by atoms with Crippen molar-refractivity contribution in [2.24, 2.45) is 0 Å². The van der Waals surface area contributed by atoms with Crippen LogP contribution in [-0.4, -0.2) is 75.5 Å². The number of nitrogens with one attached hydrogen (secondary N) is 2. The maximum Gasteiger partial charge on any atom is 0.418 e. The van der Waals surface area contributed by atoms with Gasteiger partial charge >= 0.3 is 6.18 Å².